The molecular formula is C18H13Cl2PS. The molecule has 0 aliphatic carbocycles. The maximum Gasteiger partial charge on any atom is 0.0496 e. The molecule has 110 valence electrons. The summed E-state index contributed by atoms with van der Waals surface area (Å²) in [4.78, 5) is 0. The third kappa shape index (κ3) is 2.87. The van der Waals surface area contributed by atoms with Crippen molar-refractivity contribution in [3.05, 3.63) is 88.9 Å². The van der Waals surface area contributed by atoms with E-state index in [2.05, 4.69) is 12.1 Å². The van der Waals surface area contributed by atoms with Crippen LogP contribution in [-0.2, 0) is 11.8 Å². The topological polar surface area (TPSA) is 0 Å². The monoisotopic (exact) mass is 362 g/mol. The highest BCUT2D eigenvalue weighted by molar-refractivity contribution is 8.25. The number of hydrogen-bond acceptors (Lipinski definition) is 1. The second-order valence-corrected chi connectivity index (χ2v) is 10.1. The summed E-state index contributed by atoms with van der Waals surface area (Å²) in [7, 11) is 0. The Kier molecular flexibility index (Phi) is 4.70. The molecule has 0 N–H and O–H groups in total. The van der Waals surface area contributed by atoms with Crippen LogP contribution in [0.3, 0.4) is 0 Å². The predicted octanol–water partition coefficient (Wildman–Crippen LogP) is 4.75. The largest absolute Gasteiger partial charge is 0.0843 e. The number of halogens is 2. The average molecular weight is 363 g/mol. The Hall–Kier alpha value is -1.11. The Morgan fingerprint density at radius 2 is 1.18 bits per heavy atom. The van der Waals surface area contributed by atoms with Crippen molar-refractivity contribution in [2.24, 2.45) is 0 Å². The lowest BCUT2D eigenvalue weighted by molar-refractivity contribution is 1.73. The van der Waals surface area contributed by atoms with Gasteiger partial charge in [-0.1, -0.05) is 95.7 Å². The quantitative estimate of drug-likeness (QED) is 0.606. The summed E-state index contributed by atoms with van der Waals surface area (Å²) in [6.07, 6.45) is 0. The summed E-state index contributed by atoms with van der Waals surface area (Å²) in [6, 6.07) is 23.7. The zero-order valence-electron chi connectivity index (χ0n) is 11.6. The smallest absolute Gasteiger partial charge is 0.0496 e. The first-order valence-electron chi connectivity index (χ1n) is 6.79. The highest BCUT2D eigenvalue weighted by atomic mass is 35.5. The molecule has 3 aromatic carbocycles. The maximum atomic E-state index is 6.47. The molecule has 0 spiro atoms. The SMILES string of the molecule is S=P(c1ccccc1)(c1ccc(Cl)cc1)c1ccccc1Cl. The van der Waals surface area contributed by atoms with Crippen LogP contribution in [-0.4, -0.2) is 0 Å². The molecule has 0 bridgehead atoms. The van der Waals surface area contributed by atoms with Crippen LogP contribution in [0.25, 0.3) is 0 Å². The second kappa shape index (κ2) is 6.56. The Labute approximate surface area is 145 Å². The van der Waals surface area contributed by atoms with E-state index in [-0.39, 0.29) is 0 Å². The Bertz CT molecular complexity index is 829. The molecule has 0 radical (unpaired) electrons. The zero-order valence-corrected chi connectivity index (χ0v) is 14.8. The van der Waals surface area contributed by atoms with Crippen molar-refractivity contribution in [2.45, 2.75) is 0 Å². The standard InChI is InChI=1S/C18H13Cl2PS/c19-14-10-12-16(13-11-14)21(22,15-6-2-1-3-7-15)18-9-5-4-8-17(18)20/h1-13H. The van der Waals surface area contributed by atoms with E-state index >= 15 is 0 Å². The van der Waals surface area contributed by atoms with Crippen LogP contribution >= 0.6 is 29.2 Å². The molecule has 0 fully saturated rings. The van der Waals surface area contributed by atoms with Crippen molar-refractivity contribution in [3.8, 4) is 0 Å². The Balaban J connectivity index is 2.30. The van der Waals surface area contributed by atoms with E-state index in [9.17, 15) is 0 Å². The molecule has 3 rings (SSSR count). The minimum absolute atomic E-state index is 0.706. The fraction of sp³-hybridized carbons (Fsp3) is 0. The van der Waals surface area contributed by atoms with E-state index in [1.54, 1.807) is 0 Å². The van der Waals surface area contributed by atoms with Gasteiger partial charge in [0, 0.05) is 21.4 Å². The molecule has 0 nitrogen and oxygen atoms in total. The van der Waals surface area contributed by atoms with Crippen molar-refractivity contribution in [1.82, 2.24) is 0 Å². The van der Waals surface area contributed by atoms with Crippen LogP contribution in [0.1, 0.15) is 0 Å². The normalized spacial score (nSPS) is 13.5. The van der Waals surface area contributed by atoms with Gasteiger partial charge in [-0.25, -0.2) is 0 Å². The fourth-order valence-corrected chi connectivity index (χ4v) is 7.11. The minimum atomic E-state index is -2.19. The highest BCUT2D eigenvalue weighted by Gasteiger charge is 2.26. The summed E-state index contributed by atoms with van der Waals surface area (Å²) < 4.78 is 0. The third-order valence-corrected chi connectivity index (χ3v) is 9.19. The molecule has 3 aromatic rings. The molecule has 0 amide bonds. The van der Waals surface area contributed by atoms with Crippen LogP contribution in [0, 0.1) is 0 Å². The summed E-state index contributed by atoms with van der Waals surface area (Å²) in [5, 5.41) is 4.65. The lowest BCUT2D eigenvalue weighted by Crippen LogP contribution is -2.25. The van der Waals surface area contributed by atoms with Gasteiger partial charge < -0.3 is 0 Å². The van der Waals surface area contributed by atoms with E-state index in [0.717, 1.165) is 15.9 Å². The molecule has 1 unspecified atom stereocenters. The van der Waals surface area contributed by atoms with E-state index in [0.29, 0.717) is 10.0 Å². The molecule has 22 heavy (non-hydrogen) atoms. The summed E-state index contributed by atoms with van der Waals surface area (Å²) in [6.45, 7) is 0. The highest BCUT2D eigenvalue weighted by Crippen LogP contribution is 2.44. The fourth-order valence-electron chi connectivity index (χ4n) is 2.42. The van der Waals surface area contributed by atoms with E-state index in [1.165, 1.54) is 0 Å². The average Bonchev–Trinajstić information content (AvgIpc) is 2.56. The van der Waals surface area contributed by atoms with Gasteiger partial charge in [0.25, 0.3) is 0 Å². The molecule has 0 aliphatic rings. The van der Waals surface area contributed by atoms with Crippen LogP contribution < -0.4 is 15.9 Å². The first-order chi connectivity index (χ1) is 10.6. The van der Waals surface area contributed by atoms with E-state index < -0.39 is 6.04 Å². The Morgan fingerprint density at radius 1 is 0.636 bits per heavy atom. The lowest BCUT2D eigenvalue weighted by Gasteiger charge is -2.25. The van der Waals surface area contributed by atoms with Gasteiger partial charge in [0.15, 0.2) is 0 Å². The van der Waals surface area contributed by atoms with Crippen molar-refractivity contribution in [1.29, 1.82) is 0 Å². The lowest BCUT2D eigenvalue weighted by atomic mass is 10.3. The van der Waals surface area contributed by atoms with Gasteiger partial charge in [-0.2, -0.15) is 0 Å². The number of rotatable bonds is 3. The van der Waals surface area contributed by atoms with Gasteiger partial charge in [0.2, 0.25) is 0 Å². The van der Waals surface area contributed by atoms with Gasteiger partial charge in [0.05, 0.1) is 0 Å². The second-order valence-electron chi connectivity index (χ2n) is 4.87. The summed E-state index contributed by atoms with van der Waals surface area (Å²) in [5.74, 6) is 0. The molecule has 0 aliphatic heterocycles. The molecule has 0 heterocycles. The molecule has 0 saturated heterocycles. The van der Waals surface area contributed by atoms with Crippen LogP contribution in [0.4, 0.5) is 0 Å². The number of hydrogen-bond donors (Lipinski definition) is 0. The molecule has 0 saturated carbocycles. The number of benzene rings is 3. The first kappa shape index (κ1) is 15.8. The van der Waals surface area contributed by atoms with Crippen molar-refractivity contribution < 1.29 is 0 Å². The van der Waals surface area contributed by atoms with E-state index in [1.807, 2.05) is 66.7 Å². The maximum absolute atomic E-state index is 6.47. The van der Waals surface area contributed by atoms with Crippen molar-refractivity contribution in [3.63, 3.8) is 0 Å². The van der Waals surface area contributed by atoms with Crippen molar-refractivity contribution in [2.75, 3.05) is 0 Å². The minimum Gasteiger partial charge on any atom is -0.0843 e. The van der Waals surface area contributed by atoms with Crippen LogP contribution in [0.2, 0.25) is 10.0 Å². The van der Waals surface area contributed by atoms with Crippen molar-refractivity contribution >= 4 is 57.0 Å². The molecule has 1 atom stereocenters. The predicted molar refractivity (Wildman–Crippen MR) is 103 cm³/mol. The summed E-state index contributed by atoms with van der Waals surface area (Å²) >= 11 is 18.7. The zero-order chi connectivity index (χ0) is 15.6. The Morgan fingerprint density at radius 3 is 1.82 bits per heavy atom. The van der Waals surface area contributed by atoms with Gasteiger partial charge in [-0.05, 0) is 28.8 Å². The molecular weight excluding hydrogens is 350 g/mol. The third-order valence-electron chi connectivity index (χ3n) is 3.50. The first-order valence-corrected chi connectivity index (χ1v) is 10.3. The van der Waals surface area contributed by atoms with Gasteiger partial charge >= 0.3 is 0 Å². The molecule has 0 aromatic heterocycles. The molecule has 4 heteroatoms. The van der Waals surface area contributed by atoms with Gasteiger partial charge in [-0.3, -0.25) is 0 Å². The van der Waals surface area contributed by atoms with Crippen LogP contribution in [0.15, 0.2) is 78.9 Å². The van der Waals surface area contributed by atoms with E-state index in [4.69, 9.17) is 35.0 Å². The van der Waals surface area contributed by atoms with Crippen LogP contribution in [0.5, 0.6) is 0 Å². The van der Waals surface area contributed by atoms with Gasteiger partial charge in [0.1, 0.15) is 0 Å². The summed E-state index contributed by atoms with van der Waals surface area (Å²) in [5.41, 5.74) is 0. The van der Waals surface area contributed by atoms with Gasteiger partial charge in [-0.15, -0.1) is 0 Å².